The molecule has 2 atom stereocenters. The second-order valence-corrected chi connectivity index (χ2v) is 6.21. The highest BCUT2D eigenvalue weighted by molar-refractivity contribution is 9.10. The molecule has 0 aromatic heterocycles. The lowest BCUT2D eigenvalue weighted by atomic mass is 10.0. The first-order valence-electron chi connectivity index (χ1n) is 5.72. The minimum Gasteiger partial charge on any atom is -0.298 e. The predicted molar refractivity (Wildman–Crippen MR) is 72.8 cm³/mol. The van der Waals surface area contributed by atoms with E-state index in [0.717, 1.165) is 27.9 Å². The predicted octanol–water partition coefficient (Wildman–Crippen LogP) is 4.19. The van der Waals surface area contributed by atoms with E-state index in [1.165, 1.54) is 18.7 Å². The lowest BCUT2D eigenvalue weighted by Gasteiger charge is -2.16. The van der Waals surface area contributed by atoms with E-state index in [1.807, 2.05) is 6.07 Å². The van der Waals surface area contributed by atoms with Gasteiger partial charge in [0, 0.05) is 29.1 Å². The van der Waals surface area contributed by atoms with Gasteiger partial charge >= 0.3 is 0 Å². The van der Waals surface area contributed by atoms with Gasteiger partial charge in [0.2, 0.25) is 0 Å². The second kappa shape index (κ2) is 5.07. The highest BCUT2D eigenvalue weighted by atomic mass is 79.9. The van der Waals surface area contributed by atoms with Crippen molar-refractivity contribution in [2.24, 2.45) is 11.8 Å². The summed E-state index contributed by atoms with van der Waals surface area (Å²) < 4.78 is 1.05. The summed E-state index contributed by atoms with van der Waals surface area (Å²) in [6.45, 7) is 8.00. The molecule has 2 rings (SSSR count). The van der Waals surface area contributed by atoms with Crippen molar-refractivity contribution < 1.29 is 0 Å². The van der Waals surface area contributed by atoms with Crippen molar-refractivity contribution >= 4 is 27.5 Å². The highest BCUT2D eigenvalue weighted by Gasteiger charge is 2.26. The Hall–Kier alpha value is -0.0500. The molecule has 0 amide bonds. The molecule has 1 heterocycles. The summed E-state index contributed by atoms with van der Waals surface area (Å²) in [6.07, 6.45) is 0. The molecule has 0 aliphatic carbocycles. The molecule has 0 saturated carbocycles. The summed E-state index contributed by atoms with van der Waals surface area (Å²) in [4.78, 5) is 2.49. The number of hydrogen-bond acceptors (Lipinski definition) is 1. The lowest BCUT2D eigenvalue weighted by molar-refractivity contribution is 0.316. The van der Waals surface area contributed by atoms with Crippen LogP contribution in [0, 0.1) is 11.8 Å². The number of rotatable bonds is 2. The van der Waals surface area contributed by atoms with Crippen molar-refractivity contribution in [3.63, 3.8) is 0 Å². The van der Waals surface area contributed by atoms with E-state index < -0.39 is 0 Å². The average Bonchev–Trinajstić information content (AvgIpc) is 2.51. The zero-order valence-corrected chi connectivity index (χ0v) is 12.1. The number of likely N-dealkylation sites (tertiary alicyclic amines) is 1. The van der Waals surface area contributed by atoms with Crippen molar-refractivity contribution in [2.45, 2.75) is 20.4 Å². The summed E-state index contributed by atoms with van der Waals surface area (Å²) >= 11 is 9.65. The molecule has 1 fully saturated rings. The summed E-state index contributed by atoms with van der Waals surface area (Å²) in [6, 6.07) is 6.14. The van der Waals surface area contributed by atoms with Gasteiger partial charge in [-0.25, -0.2) is 0 Å². The van der Waals surface area contributed by atoms with E-state index in [9.17, 15) is 0 Å². The Kier molecular flexibility index (Phi) is 3.93. The summed E-state index contributed by atoms with van der Waals surface area (Å²) in [7, 11) is 0. The maximum Gasteiger partial charge on any atom is 0.0462 e. The van der Waals surface area contributed by atoms with E-state index in [2.05, 4.69) is 46.8 Å². The van der Waals surface area contributed by atoms with Crippen molar-refractivity contribution in [1.29, 1.82) is 0 Å². The van der Waals surface area contributed by atoms with E-state index in [1.54, 1.807) is 0 Å². The topological polar surface area (TPSA) is 3.24 Å². The molecule has 1 nitrogen and oxygen atoms in total. The van der Waals surface area contributed by atoms with Gasteiger partial charge in [0.15, 0.2) is 0 Å². The van der Waals surface area contributed by atoms with Gasteiger partial charge in [-0.3, -0.25) is 4.90 Å². The van der Waals surface area contributed by atoms with Gasteiger partial charge in [-0.2, -0.15) is 0 Å². The summed E-state index contributed by atoms with van der Waals surface area (Å²) in [5.74, 6) is 1.60. The van der Waals surface area contributed by atoms with Gasteiger partial charge in [-0.15, -0.1) is 0 Å². The summed E-state index contributed by atoms with van der Waals surface area (Å²) in [5, 5.41) is 0.863. The van der Waals surface area contributed by atoms with Gasteiger partial charge in [0.05, 0.1) is 0 Å². The van der Waals surface area contributed by atoms with Crippen LogP contribution in [-0.2, 0) is 6.54 Å². The van der Waals surface area contributed by atoms with Crippen molar-refractivity contribution in [2.75, 3.05) is 13.1 Å². The van der Waals surface area contributed by atoms with Crippen LogP contribution in [-0.4, -0.2) is 18.0 Å². The van der Waals surface area contributed by atoms with Gasteiger partial charge < -0.3 is 0 Å². The van der Waals surface area contributed by atoms with Crippen LogP contribution >= 0.6 is 27.5 Å². The van der Waals surface area contributed by atoms with Gasteiger partial charge in [0.25, 0.3) is 0 Å². The standard InChI is InChI=1S/C13H17BrClN/c1-9-6-16(7-10(9)2)8-11-3-4-12(14)5-13(11)15/h3-5,9-10H,6-8H2,1-2H3. The van der Waals surface area contributed by atoms with E-state index >= 15 is 0 Å². The number of benzene rings is 1. The highest BCUT2D eigenvalue weighted by Crippen LogP contribution is 2.27. The van der Waals surface area contributed by atoms with Crippen molar-refractivity contribution in [3.05, 3.63) is 33.3 Å². The minimum atomic E-state index is 0.800. The van der Waals surface area contributed by atoms with Crippen molar-refractivity contribution in [3.8, 4) is 0 Å². The van der Waals surface area contributed by atoms with Crippen LogP contribution in [0.4, 0.5) is 0 Å². The molecule has 88 valence electrons. The molecule has 16 heavy (non-hydrogen) atoms. The fourth-order valence-corrected chi connectivity index (χ4v) is 3.00. The van der Waals surface area contributed by atoms with Crippen LogP contribution < -0.4 is 0 Å². The zero-order valence-electron chi connectivity index (χ0n) is 9.71. The van der Waals surface area contributed by atoms with E-state index in [0.29, 0.717) is 0 Å². The molecule has 3 heteroatoms. The molecule has 1 aromatic rings. The SMILES string of the molecule is CC1CN(Cc2ccc(Br)cc2Cl)CC1C. The third-order valence-corrected chi connectivity index (χ3v) is 4.32. The van der Waals surface area contributed by atoms with Crippen LogP contribution in [0.25, 0.3) is 0 Å². The Morgan fingerprint density at radius 2 is 1.94 bits per heavy atom. The first-order valence-corrected chi connectivity index (χ1v) is 6.89. The van der Waals surface area contributed by atoms with Crippen molar-refractivity contribution in [1.82, 2.24) is 4.90 Å². The molecular weight excluding hydrogens is 286 g/mol. The van der Waals surface area contributed by atoms with Crippen LogP contribution in [0.2, 0.25) is 5.02 Å². The maximum atomic E-state index is 6.22. The zero-order chi connectivity index (χ0) is 11.7. The largest absolute Gasteiger partial charge is 0.298 e. The maximum absolute atomic E-state index is 6.22. The quantitative estimate of drug-likeness (QED) is 0.792. The minimum absolute atomic E-state index is 0.800. The van der Waals surface area contributed by atoms with Gasteiger partial charge in [-0.1, -0.05) is 47.4 Å². The molecule has 0 radical (unpaired) electrons. The molecule has 1 aliphatic rings. The molecule has 0 spiro atoms. The fraction of sp³-hybridized carbons (Fsp3) is 0.538. The molecule has 0 N–H and O–H groups in total. The Morgan fingerprint density at radius 3 is 2.50 bits per heavy atom. The third-order valence-electron chi connectivity index (χ3n) is 3.47. The summed E-state index contributed by atoms with van der Waals surface area (Å²) in [5.41, 5.74) is 1.23. The Labute approximate surface area is 111 Å². The first kappa shape index (κ1) is 12.4. The second-order valence-electron chi connectivity index (χ2n) is 4.88. The number of hydrogen-bond donors (Lipinski definition) is 0. The molecule has 2 unspecified atom stereocenters. The molecule has 1 saturated heterocycles. The monoisotopic (exact) mass is 301 g/mol. The Morgan fingerprint density at radius 1 is 1.31 bits per heavy atom. The lowest BCUT2D eigenvalue weighted by Crippen LogP contribution is -2.20. The first-order chi connectivity index (χ1) is 7.56. The van der Waals surface area contributed by atoms with Crippen LogP contribution in [0.5, 0.6) is 0 Å². The van der Waals surface area contributed by atoms with Crippen LogP contribution in [0.1, 0.15) is 19.4 Å². The molecular formula is C13H17BrClN. The molecule has 1 aliphatic heterocycles. The number of halogens is 2. The van der Waals surface area contributed by atoms with Crippen LogP contribution in [0.15, 0.2) is 22.7 Å². The average molecular weight is 303 g/mol. The van der Waals surface area contributed by atoms with Crippen LogP contribution in [0.3, 0.4) is 0 Å². The van der Waals surface area contributed by atoms with E-state index in [-0.39, 0.29) is 0 Å². The number of nitrogens with zero attached hydrogens (tertiary/aromatic N) is 1. The van der Waals surface area contributed by atoms with Gasteiger partial charge in [-0.05, 0) is 29.5 Å². The third kappa shape index (κ3) is 2.79. The van der Waals surface area contributed by atoms with E-state index in [4.69, 9.17) is 11.6 Å². The fourth-order valence-electron chi connectivity index (χ4n) is 2.27. The normalized spacial score (nSPS) is 26.2. The molecule has 1 aromatic carbocycles. The van der Waals surface area contributed by atoms with Gasteiger partial charge in [0.1, 0.15) is 0 Å². The Balaban J connectivity index is 2.05. The smallest absolute Gasteiger partial charge is 0.0462 e. The Bertz CT molecular complexity index is 370. The molecule has 0 bridgehead atoms.